The molecule has 9 heteroatoms. The van der Waals surface area contributed by atoms with Crippen molar-refractivity contribution in [2.75, 3.05) is 43.2 Å². The number of rotatable bonds is 4. The molecule has 42 heavy (non-hydrogen) atoms. The van der Waals surface area contributed by atoms with Gasteiger partial charge < -0.3 is 20.3 Å². The molecule has 2 aromatic carbocycles. The molecule has 0 unspecified atom stereocenters. The van der Waals surface area contributed by atoms with Gasteiger partial charge in [0.15, 0.2) is 0 Å². The number of benzene rings is 2. The van der Waals surface area contributed by atoms with Crippen molar-refractivity contribution in [3.8, 4) is 11.1 Å². The van der Waals surface area contributed by atoms with Gasteiger partial charge in [-0.25, -0.2) is 4.98 Å². The summed E-state index contributed by atoms with van der Waals surface area (Å²) in [6.45, 7) is 10.7. The maximum Gasteiger partial charge on any atom is 0.259 e. The molecule has 1 amide bonds. The zero-order valence-corrected chi connectivity index (χ0v) is 25.8. The summed E-state index contributed by atoms with van der Waals surface area (Å²) < 4.78 is 9.35. The summed E-state index contributed by atoms with van der Waals surface area (Å²) in [5.41, 5.74) is 8.76. The third-order valence-electron chi connectivity index (χ3n) is 7.69. The largest absolute Gasteiger partial charge is 0.378 e. The second kappa shape index (κ2) is 12.2. The Hall–Kier alpha value is -3.79. The number of carbonyl (C=O) groups excluding carboxylic acids is 1. The molecular weight excluding hydrogens is 546 g/mol. The molecule has 4 heterocycles. The van der Waals surface area contributed by atoms with Crippen LogP contribution in [-0.2, 0) is 9.53 Å². The van der Waals surface area contributed by atoms with E-state index in [1.807, 2.05) is 52.0 Å². The SMILES string of the molecule is CC.CC.CN(C(=O)C1(N)CC1)c1ccc2sc3c(-c4cccn5c(=O)cc(N6CCOCC6)nc45)cccc3c2c1. The Morgan fingerprint density at radius 2 is 1.69 bits per heavy atom. The van der Waals surface area contributed by atoms with E-state index in [1.54, 1.807) is 39.9 Å². The summed E-state index contributed by atoms with van der Waals surface area (Å²) in [6, 6.07) is 17.9. The summed E-state index contributed by atoms with van der Waals surface area (Å²) in [7, 11) is 1.79. The minimum atomic E-state index is -0.715. The molecule has 2 fully saturated rings. The lowest BCUT2D eigenvalue weighted by Crippen LogP contribution is -2.43. The lowest BCUT2D eigenvalue weighted by molar-refractivity contribution is -0.120. The van der Waals surface area contributed by atoms with Gasteiger partial charge >= 0.3 is 0 Å². The number of fused-ring (bicyclic) bond motifs is 4. The van der Waals surface area contributed by atoms with Crippen LogP contribution in [0.2, 0.25) is 0 Å². The average Bonchev–Trinajstić information content (AvgIpc) is 3.69. The normalized spacial score (nSPS) is 15.5. The molecule has 220 valence electrons. The van der Waals surface area contributed by atoms with Crippen LogP contribution in [-0.4, -0.2) is 54.2 Å². The molecular formula is C33H39N5O3S. The first-order valence-electron chi connectivity index (χ1n) is 14.8. The van der Waals surface area contributed by atoms with Crippen LogP contribution in [0, 0.1) is 0 Å². The van der Waals surface area contributed by atoms with Crippen molar-refractivity contribution < 1.29 is 9.53 Å². The Balaban J connectivity index is 0.000000847. The number of ether oxygens (including phenoxy) is 1. The molecule has 2 aliphatic rings. The van der Waals surface area contributed by atoms with E-state index in [4.69, 9.17) is 15.5 Å². The molecule has 5 aromatic rings. The maximum atomic E-state index is 13.1. The van der Waals surface area contributed by atoms with E-state index in [9.17, 15) is 9.59 Å². The third kappa shape index (κ3) is 5.28. The fourth-order valence-corrected chi connectivity index (χ4v) is 6.50. The summed E-state index contributed by atoms with van der Waals surface area (Å²) in [6.07, 6.45) is 3.24. The molecule has 8 nitrogen and oxygen atoms in total. The van der Waals surface area contributed by atoms with Crippen molar-refractivity contribution >= 4 is 54.6 Å². The van der Waals surface area contributed by atoms with Crippen molar-refractivity contribution in [2.24, 2.45) is 5.73 Å². The molecule has 0 radical (unpaired) electrons. The number of thiophene rings is 1. The number of pyridine rings is 1. The molecule has 1 aliphatic carbocycles. The van der Waals surface area contributed by atoms with Gasteiger partial charge in [0, 0.05) is 69.4 Å². The summed E-state index contributed by atoms with van der Waals surface area (Å²) in [5.74, 6) is 0.639. The Morgan fingerprint density at radius 3 is 2.40 bits per heavy atom. The predicted octanol–water partition coefficient (Wildman–Crippen LogP) is 6.07. The fraction of sp³-hybridized carbons (Fsp3) is 0.364. The lowest BCUT2D eigenvalue weighted by Gasteiger charge is -2.27. The highest BCUT2D eigenvalue weighted by Crippen LogP contribution is 2.42. The Bertz CT molecular complexity index is 1800. The first kappa shape index (κ1) is 29.7. The van der Waals surface area contributed by atoms with Gasteiger partial charge in [-0.1, -0.05) is 45.9 Å². The van der Waals surface area contributed by atoms with Gasteiger partial charge in [0.05, 0.1) is 18.8 Å². The Kier molecular flexibility index (Phi) is 8.63. The van der Waals surface area contributed by atoms with Crippen LogP contribution < -0.4 is 21.1 Å². The number of hydrogen-bond acceptors (Lipinski definition) is 7. The van der Waals surface area contributed by atoms with Crippen LogP contribution in [0.1, 0.15) is 40.5 Å². The number of carbonyl (C=O) groups is 1. The van der Waals surface area contributed by atoms with Gasteiger partial charge in [0.1, 0.15) is 11.5 Å². The van der Waals surface area contributed by atoms with Gasteiger partial charge in [0.2, 0.25) is 5.91 Å². The van der Waals surface area contributed by atoms with Crippen molar-refractivity contribution in [2.45, 2.75) is 46.1 Å². The van der Waals surface area contributed by atoms with Gasteiger partial charge in [-0.15, -0.1) is 11.3 Å². The predicted molar refractivity (Wildman–Crippen MR) is 175 cm³/mol. The molecule has 2 N–H and O–H groups in total. The van der Waals surface area contributed by atoms with Crippen molar-refractivity contribution in [3.63, 3.8) is 0 Å². The molecule has 0 bridgehead atoms. The molecule has 3 aromatic heterocycles. The highest BCUT2D eigenvalue weighted by atomic mass is 32.1. The summed E-state index contributed by atoms with van der Waals surface area (Å²) in [4.78, 5) is 34.7. The Labute approximate surface area is 250 Å². The van der Waals surface area contributed by atoms with Crippen molar-refractivity contribution in [3.05, 3.63) is 71.1 Å². The van der Waals surface area contributed by atoms with E-state index in [0.717, 1.165) is 49.8 Å². The van der Waals surface area contributed by atoms with Crippen LogP contribution in [0.4, 0.5) is 11.5 Å². The smallest absolute Gasteiger partial charge is 0.259 e. The average molecular weight is 586 g/mol. The molecule has 1 saturated heterocycles. The van der Waals surface area contributed by atoms with E-state index in [0.29, 0.717) is 37.8 Å². The van der Waals surface area contributed by atoms with Crippen LogP contribution in [0.25, 0.3) is 36.9 Å². The quantitative estimate of drug-likeness (QED) is 0.275. The van der Waals surface area contributed by atoms with Gasteiger partial charge in [0.25, 0.3) is 5.56 Å². The molecule has 1 aliphatic heterocycles. The van der Waals surface area contributed by atoms with Crippen molar-refractivity contribution in [1.82, 2.24) is 9.38 Å². The van der Waals surface area contributed by atoms with E-state index in [-0.39, 0.29) is 11.5 Å². The van der Waals surface area contributed by atoms with E-state index < -0.39 is 5.54 Å². The number of hydrogen-bond donors (Lipinski definition) is 1. The number of aromatic nitrogens is 2. The monoisotopic (exact) mass is 585 g/mol. The third-order valence-corrected chi connectivity index (χ3v) is 8.91. The Morgan fingerprint density at radius 1 is 0.976 bits per heavy atom. The standard InChI is InChI=1S/C29H27N5O3S.2C2H6/c1-32(28(36)29(30)9-10-29)18-7-8-23-22(16-18)20-5-2-4-19(26(20)38-23)21-6-3-11-34-25(35)17-24(31-27(21)34)33-12-14-37-15-13-33;2*1-2/h2-8,11,16-17H,9-10,12-15,30H2,1H3;2*1-2H3. The van der Waals surface area contributed by atoms with E-state index in [2.05, 4.69) is 29.2 Å². The topological polar surface area (TPSA) is 93.2 Å². The van der Waals surface area contributed by atoms with Gasteiger partial charge in [-0.2, -0.15) is 0 Å². The highest BCUT2D eigenvalue weighted by molar-refractivity contribution is 7.26. The van der Waals surface area contributed by atoms with Gasteiger partial charge in [-0.3, -0.25) is 14.0 Å². The number of amides is 1. The highest BCUT2D eigenvalue weighted by Gasteiger charge is 2.47. The minimum Gasteiger partial charge on any atom is -0.378 e. The summed E-state index contributed by atoms with van der Waals surface area (Å²) >= 11 is 1.70. The number of nitrogens with zero attached hydrogens (tertiary/aromatic N) is 4. The molecule has 0 atom stereocenters. The van der Waals surface area contributed by atoms with Crippen LogP contribution in [0.3, 0.4) is 0 Å². The zero-order chi connectivity index (χ0) is 30.0. The minimum absolute atomic E-state index is 0.0413. The summed E-state index contributed by atoms with van der Waals surface area (Å²) in [5, 5.41) is 2.19. The second-order valence-electron chi connectivity index (χ2n) is 10.2. The van der Waals surface area contributed by atoms with Crippen molar-refractivity contribution in [1.29, 1.82) is 0 Å². The molecule has 7 rings (SSSR count). The number of morpholine rings is 1. The van der Waals surface area contributed by atoms with Crippen LogP contribution in [0.15, 0.2) is 65.6 Å². The number of nitrogens with two attached hydrogens (primary N) is 1. The van der Waals surface area contributed by atoms with E-state index in [1.165, 1.54) is 0 Å². The second-order valence-corrected chi connectivity index (χ2v) is 11.2. The fourth-order valence-electron chi connectivity index (χ4n) is 5.28. The first-order chi connectivity index (χ1) is 20.4. The molecule has 1 saturated carbocycles. The van der Waals surface area contributed by atoms with Crippen LogP contribution >= 0.6 is 11.3 Å². The lowest BCUT2D eigenvalue weighted by atomic mass is 10.0. The molecule has 0 spiro atoms. The maximum absolute atomic E-state index is 13.1. The number of anilines is 2. The first-order valence-corrected chi connectivity index (χ1v) is 15.6. The van der Waals surface area contributed by atoms with E-state index >= 15 is 0 Å². The number of likely N-dealkylation sites (N-methyl/N-ethyl adjacent to an activating group) is 1. The zero-order valence-electron chi connectivity index (χ0n) is 25.0. The van der Waals surface area contributed by atoms with Crippen LogP contribution in [0.5, 0.6) is 0 Å². The van der Waals surface area contributed by atoms with Gasteiger partial charge in [-0.05, 0) is 43.2 Å².